The fourth-order valence-corrected chi connectivity index (χ4v) is 1.40. The summed E-state index contributed by atoms with van der Waals surface area (Å²) in [4.78, 5) is 15.6. The number of ether oxygens (including phenoxy) is 1. The Labute approximate surface area is 101 Å². The Morgan fingerprint density at radius 1 is 1.59 bits per heavy atom. The van der Waals surface area contributed by atoms with Gasteiger partial charge in [-0.05, 0) is 31.9 Å². The van der Waals surface area contributed by atoms with Crippen LogP contribution in [0.1, 0.15) is 25.3 Å². The smallest absolute Gasteiger partial charge is 0.225 e. The van der Waals surface area contributed by atoms with Gasteiger partial charge in [0.2, 0.25) is 5.91 Å². The molecule has 0 bridgehead atoms. The van der Waals surface area contributed by atoms with Crippen LogP contribution in [0.15, 0.2) is 12.3 Å². The molecule has 0 spiro atoms. The average Bonchev–Trinajstić information content (AvgIpc) is 2.28. The number of amides is 1. The van der Waals surface area contributed by atoms with E-state index in [0.29, 0.717) is 37.6 Å². The maximum absolute atomic E-state index is 11.6. The summed E-state index contributed by atoms with van der Waals surface area (Å²) in [6.07, 6.45) is 2.68. The van der Waals surface area contributed by atoms with E-state index in [1.54, 1.807) is 6.07 Å². The van der Waals surface area contributed by atoms with Gasteiger partial charge in [-0.1, -0.05) is 0 Å². The number of nitrogens with two attached hydrogens (primary N) is 1. The molecule has 94 valence electrons. The molecule has 1 aromatic rings. The van der Waals surface area contributed by atoms with Crippen LogP contribution in [0.3, 0.4) is 0 Å². The molecule has 0 aliphatic heterocycles. The highest BCUT2D eigenvalue weighted by Gasteiger charge is 2.05. The molecule has 0 aliphatic rings. The first-order chi connectivity index (χ1) is 8.13. The third kappa shape index (κ3) is 4.82. The van der Waals surface area contributed by atoms with E-state index < -0.39 is 0 Å². The maximum atomic E-state index is 11.6. The highest BCUT2D eigenvalue weighted by atomic mass is 16.5. The zero-order valence-electron chi connectivity index (χ0n) is 10.3. The van der Waals surface area contributed by atoms with Crippen LogP contribution in [0, 0.1) is 6.92 Å². The number of aryl methyl sites for hydroxylation is 1. The number of carbonyl (C=O) groups is 1. The molecule has 0 atom stereocenters. The summed E-state index contributed by atoms with van der Waals surface area (Å²) in [5.74, 6) is 0.519. The Morgan fingerprint density at radius 3 is 3.00 bits per heavy atom. The monoisotopic (exact) mass is 237 g/mol. The van der Waals surface area contributed by atoms with E-state index in [2.05, 4.69) is 10.3 Å². The van der Waals surface area contributed by atoms with Crippen LogP contribution < -0.4 is 11.1 Å². The van der Waals surface area contributed by atoms with Crippen molar-refractivity contribution < 1.29 is 9.53 Å². The third-order valence-corrected chi connectivity index (χ3v) is 2.25. The van der Waals surface area contributed by atoms with Crippen molar-refractivity contribution in [3.8, 4) is 0 Å². The lowest BCUT2D eigenvalue weighted by atomic mass is 10.2. The summed E-state index contributed by atoms with van der Waals surface area (Å²) in [5.41, 5.74) is 7.04. The van der Waals surface area contributed by atoms with Gasteiger partial charge in [0.05, 0.1) is 11.9 Å². The Hall–Kier alpha value is -1.62. The van der Waals surface area contributed by atoms with Gasteiger partial charge in [-0.25, -0.2) is 4.98 Å². The number of rotatable bonds is 6. The minimum absolute atomic E-state index is 0.0509. The zero-order chi connectivity index (χ0) is 12.7. The van der Waals surface area contributed by atoms with Crippen molar-refractivity contribution in [2.45, 2.75) is 26.7 Å². The molecule has 5 heteroatoms. The molecule has 0 radical (unpaired) electrons. The van der Waals surface area contributed by atoms with Crippen molar-refractivity contribution >= 4 is 17.4 Å². The number of hydrogen-bond donors (Lipinski definition) is 2. The zero-order valence-corrected chi connectivity index (χ0v) is 10.3. The highest BCUT2D eigenvalue weighted by Crippen LogP contribution is 2.14. The predicted octanol–water partition coefficient (Wildman–Crippen LogP) is 1.73. The van der Waals surface area contributed by atoms with Crippen molar-refractivity contribution in [1.82, 2.24) is 4.98 Å². The highest BCUT2D eigenvalue weighted by molar-refractivity contribution is 5.90. The van der Waals surface area contributed by atoms with Gasteiger partial charge in [-0.3, -0.25) is 4.79 Å². The SMILES string of the molecule is CCOCCCC(=O)Nc1ncc(N)cc1C. The Kier molecular flexibility index (Phi) is 5.42. The largest absolute Gasteiger partial charge is 0.397 e. The summed E-state index contributed by atoms with van der Waals surface area (Å²) in [6, 6.07) is 1.78. The van der Waals surface area contributed by atoms with Crippen LogP contribution >= 0.6 is 0 Å². The molecule has 1 amide bonds. The summed E-state index contributed by atoms with van der Waals surface area (Å²) in [5, 5.41) is 2.75. The lowest BCUT2D eigenvalue weighted by Gasteiger charge is -2.07. The van der Waals surface area contributed by atoms with Gasteiger partial charge in [-0.2, -0.15) is 0 Å². The molecule has 3 N–H and O–H groups in total. The normalized spacial score (nSPS) is 10.2. The first-order valence-corrected chi connectivity index (χ1v) is 5.73. The number of nitrogens with zero attached hydrogens (tertiary/aromatic N) is 1. The number of nitrogens with one attached hydrogen (secondary N) is 1. The van der Waals surface area contributed by atoms with Gasteiger partial charge in [0.1, 0.15) is 5.82 Å². The second kappa shape index (κ2) is 6.85. The van der Waals surface area contributed by atoms with Crippen molar-refractivity contribution in [2.24, 2.45) is 0 Å². The first-order valence-electron chi connectivity index (χ1n) is 5.73. The molecule has 1 rings (SSSR count). The molecule has 0 saturated carbocycles. The van der Waals surface area contributed by atoms with E-state index in [1.165, 1.54) is 6.20 Å². The molecule has 5 nitrogen and oxygen atoms in total. The van der Waals surface area contributed by atoms with E-state index in [4.69, 9.17) is 10.5 Å². The number of pyridine rings is 1. The molecule has 0 unspecified atom stereocenters. The van der Waals surface area contributed by atoms with Crippen molar-refractivity contribution in [3.63, 3.8) is 0 Å². The molecule has 0 aromatic carbocycles. The second-order valence-electron chi connectivity index (χ2n) is 3.78. The van der Waals surface area contributed by atoms with Crippen LogP contribution in [0.25, 0.3) is 0 Å². The number of aromatic nitrogens is 1. The number of hydrogen-bond acceptors (Lipinski definition) is 4. The topological polar surface area (TPSA) is 77.2 Å². The molecule has 1 heterocycles. The lowest BCUT2D eigenvalue weighted by Crippen LogP contribution is -2.14. The van der Waals surface area contributed by atoms with E-state index in [-0.39, 0.29) is 5.91 Å². The van der Waals surface area contributed by atoms with Gasteiger partial charge in [-0.15, -0.1) is 0 Å². The fraction of sp³-hybridized carbons (Fsp3) is 0.500. The van der Waals surface area contributed by atoms with E-state index in [9.17, 15) is 4.79 Å². The Morgan fingerprint density at radius 2 is 2.35 bits per heavy atom. The van der Waals surface area contributed by atoms with Crippen LogP contribution in [0.2, 0.25) is 0 Å². The minimum atomic E-state index is -0.0509. The third-order valence-electron chi connectivity index (χ3n) is 2.25. The quantitative estimate of drug-likeness (QED) is 0.739. The second-order valence-corrected chi connectivity index (χ2v) is 3.78. The van der Waals surface area contributed by atoms with E-state index in [1.807, 2.05) is 13.8 Å². The summed E-state index contributed by atoms with van der Waals surface area (Å²) >= 11 is 0. The van der Waals surface area contributed by atoms with Crippen LogP contribution in [-0.2, 0) is 9.53 Å². The number of anilines is 2. The fourth-order valence-electron chi connectivity index (χ4n) is 1.40. The van der Waals surface area contributed by atoms with Crippen LogP contribution in [-0.4, -0.2) is 24.1 Å². The summed E-state index contributed by atoms with van der Waals surface area (Å²) < 4.78 is 5.16. The molecule has 0 fully saturated rings. The molecule has 1 aromatic heterocycles. The summed E-state index contributed by atoms with van der Waals surface area (Å²) in [6.45, 7) is 5.08. The lowest BCUT2D eigenvalue weighted by molar-refractivity contribution is -0.116. The van der Waals surface area contributed by atoms with Gasteiger partial charge >= 0.3 is 0 Å². The Balaban J connectivity index is 2.40. The van der Waals surface area contributed by atoms with Crippen LogP contribution in [0.5, 0.6) is 0 Å². The van der Waals surface area contributed by atoms with Crippen molar-refractivity contribution in [3.05, 3.63) is 17.8 Å². The average molecular weight is 237 g/mol. The van der Waals surface area contributed by atoms with Gasteiger partial charge in [0, 0.05) is 19.6 Å². The maximum Gasteiger partial charge on any atom is 0.225 e. The molecular weight excluding hydrogens is 218 g/mol. The molecule has 17 heavy (non-hydrogen) atoms. The number of carbonyl (C=O) groups excluding carboxylic acids is 1. The standard InChI is InChI=1S/C12H19N3O2/c1-3-17-6-4-5-11(16)15-12-9(2)7-10(13)8-14-12/h7-8H,3-6,13H2,1-2H3,(H,14,15,16). The molecular formula is C12H19N3O2. The van der Waals surface area contributed by atoms with Crippen molar-refractivity contribution in [1.29, 1.82) is 0 Å². The van der Waals surface area contributed by atoms with Crippen LogP contribution in [0.4, 0.5) is 11.5 Å². The van der Waals surface area contributed by atoms with E-state index >= 15 is 0 Å². The van der Waals surface area contributed by atoms with E-state index in [0.717, 1.165) is 5.56 Å². The van der Waals surface area contributed by atoms with Gasteiger partial charge in [0.25, 0.3) is 0 Å². The number of nitrogen functional groups attached to an aromatic ring is 1. The predicted molar refractivity (Wildman–Crippen MR) is 67.7 cm³/mol. The Bertz CT molecular complexity index is 380. The molecule has 0 aliphatic carbocycles. The van der Waals surface area contributed by atoms with Crippen molar-refractivity contribution in [2.75, 3.05) is 24.3 Å². The molecule has 0 saturated heterocycles. The van der Waals surface area contributed by atoms with Gasteiger partial charge in [0.15, 0.2) is 0 Å². The summed E-state index contributed by atoms with van der Waals surface area (Å²) in [7, 11) is 0. The van der Waals surface area contributed by atoms with Gasteiger partial charge < -0.3 is 15.8 Å². The first kappa shape index (κ1) is 13.4. The minimum Gasteiger partial charge on any atom is -0.397 e.